The molecule has 0 amide bonds. The van der Waals surface area contributed by atoms with E-state index in [0.717, 1.165) is 5.69 Å². The van der Waals surface area contributed by atoms with Crippen LogP contribution in [0.1, 0.15) is 73.6 Å². The van der Waals surface area contributed by atoms with Crippen molar-refractivity contribution in [3.8, 4) is 33.4 Å². The largest absolute Gasteiger partial charge is 0.309 e. The Morgan fingerprint density at radius 2 is 0.903 bits per heavy atom. The summed E-state index contributed by atoms with van der Waals surface area (Å²) in [7, 11) is 0. The Bertz CT molecular complexity index is 3490. The Hall–Kier alpha value is -6.74. The molecule has 0 N–H and O–H groups in total. The molecule has 0 radical (unpaired) electrons. The first kappa shape index (κ1) is 36.0. The van der Waals surface area contributed by atoms with Gasteiger partial charge < -0.3 is 4.90 Å². The number of thiophene rings is 1. The first-order chi connectivity index (χ1) is 30.2. The maximum absolute atomic E-state index is 2.58. The van der Waals surface area contributed by atoms with Crippen LogP contribution >= 0.6 is 11.3 Å². The van der Waals surface area contributed by atoms with Gasteiger partial charge in [-0.05, 0) is 125 Å². The predicted molar refractivity (Wildman–Crippen MR) is 264 cm³/mol. The van der Waals surface area contributed by atoms with Crippen LogP contribution < -0.4 is 4.90 Å². The number of benzene rings is 9. The molecule has 13 rings (SSSR count). The van der Waals surface area contributed by atoms with Crippen molar-refractivity contribution in [3.05, 3.63) is 221 Å². The molecule has 296 valence electrons. The Morgan fingerprint density at radius 1 is 0.419 bits per heavy atom. The van der Waals surface area contributed by atoms with E-state index >= 15 is 0 Å². The van der Waals surface area contributed by atoms with Crippen molar-refractivity contribution >= 4 is 59.3 Å². The van der Waals surface area contributed by atoms with E-state index in [4.69, 9.17) is 0 Å². The quantitative estimate of drug-likeness (QED) is 0.172. The number of hydrogen-bond donors (Lipinski definition) is 0. The van der Waals surface area contributed by atoms with Gasteiger partial charge in [-0.25, -0.2) is 0 Å². The molecule has 3 aliphatic rings. The van der Waals surface area contributed by atoms with Gasteiger partial charge in [0.15, 0.2) is 0 Å². The fraction of sp³-hybridized carbons (Fsp3) is 0.133. The molecule has 1 aromatic heterocycles. The minimum absolute atomic E-state index is 0.0270. The molecule has 62 heavy (non-hydrogen) atoms. The average Bonchev–Trinajstić information content (AvgIpc) is 3.99. The highest BCUT2D eigenvalue weighted by molar-refractivity contribution is 7.26. The highest BCUT2D eigenvalue weighted by Crippen LogP contribution is 2.64. The van der Waals surface area contributed by atoms with Crippen LogP contribution in [0.2, 0.25) is 0 Å². The molecule has 0 bridgehead atoms. The molecule has 0 saturated carbocycles. The second-order valence-corrected chi connectivity index (χ2v) is 20.2. The maximum Gasteiger partial charge on any atom is 0.0726 e. The van der Waals surface area contributed by atoms with Crippen LogP contribution in [0.25, 0.3) is 64.3 Å². The smallest absolute Gasteiger partial charge is 0.0726 e. The van der Waals surface area contributed by atoms with E-state index in [0.29, 0.717) is 0 Å². The topological polar surface area (TPSA) is 3.24 Å². The summed E-state index contributed by atoms with van der Waals surface area (Å²) < 4.78 is 2.69. The van der Waals surface area contributed by atoms with Crippen molar-refractivity contribution in [1.29, 1.82) is 0 Å². The van der Waals surface area contributed by atoms with E-state index in [1.54, 1.807) is 0 Å². The average molecular weight is 812 g/mol. The van der Waals surface area contributed by atoms with E-state index in [1.807, 2.05) is 11.3 Å². The molecule has 0 atom stereocenters. The first-order valence-electron chi connectivity index (χ1n) is 22.0. The maximum atomic E-state index is 2.58. The van der Waals surface area contributed by atoms with E-state index in [9.17, 15) is 0 Å². The first-order valence-corrected chi connectivity index (χ1v) is 22.8. The fourth-order valence-corrected chi connectivity index (χ4v) is 13.4. The van der Waals surface area contributed by atoms with Gasteiger partial charge in [0.05, 0.1) is 15.8 Å². The lowest BCUT2D eigenvalue weighted by atomic mass is 9.70. The molecular formula is C60H45NS. The molecule has 1 nitrogen and oxygen atoms in total. The third-order valence-electron chi connectivity index (χ3n) is 14.6. The van der Waals surface area contributed by atoms with Gasteiger partial charge in [-0.1, -0.05) is 180 Å². The number of hydrogen-bond acceptors (Lipinski definition) is 2. The predicted octanol–water partition coefficient (Wildman–Crippen LogP) is 16.6. The van der Waals surface area contributed by atoms with Gasteiger partial charge in [0.2, 0.25) is 0 Å². The molecule has 9 aromatic carbocycles. The molecule has 0 saturated heterocycles. The highest BCUT2D eigenvalue weighted by Gasteiger charge is 2.51. The highest BCUT2D eigenvalue weighted by atomic mass is 32.1. The van der Waals surface area contributed by atoms with Gasteiger partial charge in [-0.2, -0.15) is 0 Å². The fourth-order valence-electron chi connectivity index (χ4n) is 11.8. The van der Waals surface area contributed by atoms with Crippen molar-refractivity contribution in [1.82, 2.24) is 0 Å². The van der Waals surface area contributed by atoms with Crippen molar-refractivity contribution < 1.29 is 0 Å². The molecule has 10 aromatic rings. The van der Waals surface area contributed by atoms with Gasteiger partial charge >= 0.3 is 0 Å². The van der Waals surface area contributed by atoms with E-state index in [1.165, 1.54) is 115 Å². The lowest BCUT2D eigenvalue weighted by molar-refractivity contribution is 0.597. The molecular weight excluding hydrogens is 767 g/mol. The Morgan fingerprint density at radius 3 is 1.52 bits per heavy atom. The second kappa shape index (κ2) is 12.4. The summed E-state index contributed by atoms with van der Waals surface area (Å²) in [5.74, 6) is 0. The second-order valence-electron chi connectivity index (χ2n) is 19.2. The van der Waals surface area contributed by atoms with Crippen LogP contribution in [0.15, 0.2) is 182 Å². The Balaban J connectivity index is 1.12. The zero-order valence-corrected chi connectivity index (χ0v) is 36.5. The summed E-state index contributed by atoms with van der Waals surface area (Å²) >= 11 is 1.96. The molecule has 1 heterocycles. The summed E-state index contributed by atoms with van der Waals surface area (Å²) in [6, 6.07) is 69.4. The Labute approximate surface area is 367 Å². The third kappa shape index (κ3) is 4.58. The summed E-state index contributed by atoms with van der Waals surface area (Å²) in [4.78, 5) is 2.58. The van der Waals surface area contributed by atoms with Gasteiger partial charge in [-0.3, -0.25) is 0 Å². The molecule has 0 unspecified atom stereocenters. The lowest BCUT2D eigenvalue weighted by Gasteiger charge is -2.32. The monoisotopic (exact) mass is 811 g/mol. The van der Waals surface area contributed by atoms with Gasteiger partial charge in [0, 0.05) is 32.3 Å². The van der Waals surface area contributed by atoms with Gasteiger partial charge in [-0.15, -0.1) is 11.3 Å². The van der Waals surface area contributed by atoms with Crippen LogP contribution in [0.3, 0.4) is 0 Å². The molecule has 0 fully saturated rings. The van der Waals surface area contributed by atoms with Crippen LogP contribution in [-0.4, -0.2) is 0 Å². The van der Waals surface area contributed by atoms with E-state index in [2.05, 4.69) is 222 Å². The van der Waals surface area contributed by atoms with E-state index < -0.39 is 5.41 Å². The summed E-state index contributed by atoms with van der Waals surface area (Å²) in [5, 5.41) is 5.29. The van der Waals surface area contributed by atoms with E-state index in [-0.39, 0.29) is 10.8 Å². The number of rotatable bonds is 3. The SMILES string of the molecule is CC(C)(C)c1cc2ccccc2c2c1sc1c(N(c3ccc4c(c3)C(C)(C)c3ccccc3-4)c3ccc4c(c3)C3(c5ccccc5-c5ccccc53)c3ccccc3-4)cccc12. The number of fused-ring (bicyclic) bond motifs is 18. The van der Waals surface area contributed by atoms with Crippen LogP contribution in [-0.2, 0) is 16.2 Å². The molecule has 3 aliphatic carbocycles. The standard InChI is InChI=1S/C60H45NS/c1-58(2,3)53-33-36-17-6-7-18-39(36)55-46-23-16-28-54(56(46)62-57(53)55)61(37-29-31-44-40-19-8-12-24-47(40)59(4,5)51(44)34-37)38-30-32-45-43-22-11-15-27-50(43)60(52(45)35-38)48-25-13-9-20-41(48)42-21-10-14-26-49(42)60/h6-35H,1-5H3. The van der Waals surface area contributed by atoms with Crippen LogP contribution in [0.4, 0.5) is 17.1 Å². The minimum atomic E-state index is -0.438. The van der Waals surface area contributed by atoms with Gasteiger partial charge in [0.1, 0.15) is 0 Å². The van der Waals surface area contributed by atoms with Crippen LogP contribution in [0, 0.1) is 0 Å². The summed E-state index contributed by atoms with van der Waals surface area (Å²) in [5.41, 5.74) is 20.5. The zero-order valence-electron chi connectivity index (χ0n) is 35.7. The van der Waals surface area contributed by atoms with Gasteiger partial charge in [0.25, 0.3) is 0 Å². The van der Waals surface area contributed by atoms with Crippen LogP contribution in [0.5, 0.6) is 0 Å². The van der Waals surface area contributed by atoms with Crippen molar-refractivity contribution in [2.75, 3.05) is 4.90 Å². The molecule has 1 spiro atoms. The number of anilines is 3. The normalized spacial score (nSPS) is 14.8. The minimum Gasteiger partial charge on any atom is -0.309 e. The van der Waals surface area contributed by atoms with Crippen molar-refractivity contribution in [2.24, 2.45) is 0 Å². The Kier molecular flexibility index (Phi) is 7.21. The third-order valence-corrected chi connectivity index (χ3v) is 15.8. The summed E-state index contributed by atoms with van der Waals surface area (Å²) in [6.07, 6.45) is 0. The molecule has 2 heteroatoms. The number of nitrogens with zero attached hydrogens (tertiary/aromatic N) is 1. The van der Waals surface area contributed by atoms with Crippen molar-refractivity contribution in [2.45, 2.75) is 50.9 Å². The van der Waals surface area contributed by atoms with Crippen molar-refractivity contribution in [3.63, 3.8) is 0 Å². The summed E-state index contributed by atoms with van der Waals surface area (Å²) in [6.45, 7) is 11.9. The lowest BCUT2D eigenvalue weighted by Crippen LogP contribution is -2.26. The zero-order chi connectivity index (χ0) is 41.7. The molecule has 0 aliphatic heterocycles.